The van der Waals surface area contributed by atoms with Crippen molar-refractivity contribution < 1.29 is 24.1 Å². The molecule has 174 valence electrons. The van der Waals surface area contributed by atoms with Crippen LogP contribution in [0.4, 0.5) is 16.3 Å². The van der Waals surface area contributed by atoms with Gasteiger partial charge in [0.1, 0.15) is 6.10 Å². The number of hydrogen-bond acceptors (Lipinski definition) is 9. The first-order chi connectivity index (χ1) is 15.5. The van der Waals surface area contributed by atoms with Crippen molar-refractivity contribution in [1.82, 2.24) is 14.9 Å². The highest BCUT2D eigenvalue weighted by Gasteiger charge is 2.26. The van der Waals surface area contributed by atoms with Gasteiger partial charge in [-0.15, -0.1) is 11.8 Å². The molecule has 1 fully saturated rings. The Hall–Kier alpha value is -2.72. The van der Waals surface area contributed by atoms with Crippen LogP contribution in [0.5, 0.6) is 11.5 Å². The van der Waals surface area contributed by atoms with E-state index in [-0.39, 0.29) is 24.9 Å². The van der Waals surface area contributed by atoms with Crippen molar-refractivity contribution in [3.8, 4) is 11.5 Å². The van der Waals surface area contributed by atoms with Crippen LogP contribution in [0.3, 0.4) is 0 Å². The number of ether oxygens (including phenoxy) is 3. The number of nitrogens with zero attached hydrogens (tertiary/aromatic N) is 3. The molecule has 0 saturated carbocycles. The van der Waals surface area contributed by atoms with Crippen molar-refractivity contribution >= 4 is 29.4 Å². The summed E-state index contributed by atoms with van der Waals surface area (Å²) in [5, 5.41) is 13.0. The zero-order valence-electron chi connectivity index (χ0n) is 18.6. The number of anilines is 2. The van der Waals surface area contributed by atoms with E-state index in [9.17, 15) is 4.79 Å². The van der Waals surface area contributed by atoms with Crippen LogP contribution in [0.15, 0.2) is 35.6 Å². The number of aliphatic hydroxyl groups is 1. The van der Waals surface area contributed by atoms with E-state index >= 15 is 0 Å². The van der Waals surface area contributed by atoms with Crippen LogP contribution < -0.4 is 14.8 Å². The van der Waals surface area contributed by atoms with E-state index in [0.29, 0.717) is 49.0 Å². The Bertz CT molecular complexity index is 873. The van der Waals surface area contributed by atoms with Gasteiger partial charge in [-0.25, -0.2) is 14.8 Å². The van der Waals surface area contributed by atoms with Gasteiger partial charge in [0.15, 0.2) is 11.6 Å². The fourth-order valence-electron chi connectivity index (χ4n) is 3.25. The second kappa shape index (κ2) is 11.8. The lowest BCUT2D eigenvalue weighted by atomic mass is 10.1. The molecule has 0 unspecified atom stereocenters. The van der Waals surface area contributed by atoms with Crippen molar-refractivity contribution in [2.45, 2.75) is 43.9 Å². The number of aromatic nitrogens is 2. The summed E-state index contributed by atoms with van der Waals surface area (Å²) in [6.07, 6.45) is 4.34. The summed E-state index contributed by atoms with van der Waals surface area (Å²) in [7, 11) is 1.58. The second-order valence-corrected chi connectivity index (χ2v) is 8.63. The van der Waals surface area contributed by atoms with E-state index in [1.807, 2.05) is 26.0 Å². The molecule has 2 aromatic rings. The fraction of sp³-hybridized carbons (Fsp3) is 0.500. The van der Waals surface area contributed by atoms with Crippen LogP contribution in [0.25, 0.3) is 0 Å². The summed E-state index contributed by atoms with van der Waals surface area (Å²) in [5.74, 6) is 2.23. The number of hydrogen-bond donors (Lipinski definition) is 2. The minimum absolute atomic E-state index is 0.0354. The molecule has 32 heavy (non-hydrogen) atoms. The number of rotatable bonds is 9. The largest absolute Gasteiger partial charge is 0.490 e. The molecular formula is C22H30N4O5S. The minimum Gasteiger partial charge on any atom is -0.490 e. The minimum atomic E-state index is -0.277. The summed E-state index contributed by atoms with van der Waals surface area (Å²) >= 11 is 1.49. The smallest absolute Gasteiger partial charge is 0.410 e. The maximum atomic E-state index is 12.1. The Morgan fingerprint density at radius 3 is 2.69 bits per heavy atom. The van der Waals surface area contributed by atoms with Gasteiger partial charge < -0.3 is 29.5 Å². The lowest BCUT2D eigenvalue weighted by Gasteiger charge is -2.32. The van der Waals surface area contributed by atoms with Gasteiger partial charge in [-0.05, 0) is 26.0 Å². The Labute approximate surface area is 192 Å². The molecular weight excluding hydrogens is 432 g/mol. The molecule has 0 radical (unpaired) electrons. The number of carbonyl (C=O) groups is 1. The monoisotopic (exact) mass is 462 g/mol. The second-order valence-electron chi connectivity index (χ2n) is 7.51. The molecule has 9 nitrogen and oxygen atoms in total. The molecule has 1 amide bonds. The molecule has 10 heteroatoms. The highest BCUT2D eigenvalue weighted by atomic mass is 32.2. The molecule has 0 aromatic carbocycles. The van der Waals surface area contributed by atoms with Crippen LogP contribution >= 0.6 is 11.8 Å². The topological polar surface area (TPSA) is 106 Å². The third-order valence-electron chi connectivity index (χ3n) is 4.74. The van der Waals surface area contributed by atoms with E-state index in [4.69, 9.17) is 19.3 Å². The quantitative estimate of drug-likeness (QED) is 0.540. The first-order valence-corrected chi connectivity index (χ1v) is 11.6. The Kier molecular flexibility index (Phi) is 8.81. The van der Waals surface area contributed by atoms with E-state index < -0.39 is 0 Å². The maximum absolute atomic E-state index is 12.1. The van der Waals surface area contributed by atoms with Gasteiger partial charge in [-0.2, -0.15) is 0 Å². The number of methoxy groups -OCH3 is 1. The first-order valence-electron chi connectivity index (χ1n) is 10.6. The number of aliphatic hydroxyl groups excluding tert-OH is 1. The first kappa shape index (κ1) is 23.9. The summed E-state index contributed by atoms with van der Waals surface area (Å²) in [6.45, 7) is 4.97. The molecule has 0 atom stereocenters. The Morgan fingerprint density at radius 1 is 1.28 bits per heavy atom. The number of pyridine rings is 2. The van der Waals surface area contributed by atoms with Gasteiger partial charge in [0, 0.05) is 43.9 Å². The lowest BCUT2D eigenvalue weighted by molar-refractivity contribution is 0.0511. The van der Waals surface area contributed by atoms with E-state index in [1.165, 1.54) is 11.8 Å². The molecule has 0 aliphatic carbocycles. The molecule has 0 spiro atoms. The summed E-state index contributed by atoms with van der Waals surface area (Å²) in [5.41, 5.74) is 0.762. The molecule has 3 rings (SSSR count). The summed E-state index contributed by atoms with van der Waals surface area (Å²) in [4.78, 5) is 22.5. The van der Waals surface area contributed by atoms with Crippen molar-refractivity contribution in [3.05, 3.63) is 30.6 Å². The Morgan fingerprint density at radius 2 is 2.06 bits per heavy atom. The predicted octanol–water partition coefficient (Wildman–Crippen LogP) is 3.70. The van der Waals surface area contributed by atoms with Crippen LogP contribution in [-0.2, 0) is 4.74 Å². The van der Waals surface area contributed by atoms with Gasteiger partial charge in [0.25, 0.3) is 0 Å². The highest BCUT2D eigenvalue weighted by Crippen LogP contribution is 2.36. The number of amides is 1. The van der Waals surface area contributed by atoms with E-state index in [1.54, 1.807) is 30.5 Å². The third-order valence-corrected chi connectivity index (χ3v) is 5.67. The van der Waals surface area contributed by atoms with Gasteiger partial charge in [-0.1, -0.05) is 0 Å². The number of carbonyl (C=O) groups excluding carboxylic acids is 1. The lowest BCUT2D eigenvalue weighted by Crippen LogP contribution is -2.42. The Balaban J connectivity index is 1.61. The van der Waals surface area contributed by atoms with Crippen LogP contribution in [-0.4, -0.2) is 70.8 Å². The predicted molar refractivity (Wildman–Crippen MR) is 123 cm³/mol. The van der Waals surface area contributed by atoms with Crippen LogP contribution in [0.2, 0.25) is 0 Å². The zero-order chi connectivity index (χ0) is 22.9. The van der Waals surface area contributed by atoms with Gasteiger partial charge >= 0.3 is 6.09 Å². The molecule has 1 saturated heterocycles. The average molecular weight is 463 g/mol. The molecule has 2 N–H and O–H groups in total. The number of likely N-dealkylation sites (tertiary alicyclic amines) is 1. The fourth-order valence-corrected chi connectivity index (χ4v) is 3.84. The zero-order valence-corrected chi connectivity index (χ0v) is 19.4. The van der Waals surface area contributed by atoms with Crippen LogP contribution in [0, 0.1) is 0 Å². The molecule has 0 bridgehead atoms. The number of thioether (sulfide) groups is 1. The number of nitrogens with one attached hydrogen (secondary N) is 1. The van der Waals surface area contributed by atoms with Crippen molar-refractivity contribution in [3.63, 3.8) is 0 Å². The average Bonchev–Trinajstić information content (AvgIpc) is 2.79. The SMILES string of the molecule is COc1c(OC2CCN(C(=O)OC(C)C)CC2)ccnc1Nc1ccc(SCCO)nc1. The molecule has 3 heterocycles. The molecule has 1 aliphatic rings. The van der Waals surface area contributed by atoms with Gasteiger partial charge in [0.2, 0.25) is 5.75 Å². The van der Waals surface area contributed by atoms with Gasteiger partial charge in [-0.3, -0.25) is 0 Å². The normalized spacial score (nSPS) is 14.3. The third kappa shape index (κ3) is 6.64. The maximum Gasteiger partial charge on any atom is 0.410 e. The number of piperidine rings is 1. The van der Waals surface area contributed by atoms with E-state index in [0.717, 1.165) is 10.7 Å². The van der Waals surface area contributed by atoms with Crippen molar-refractivity contribution in [2.24, 2.45) is 0 Å². The van der Waals surface area contributed by atoms with Crippen molar-refractivity contribution in [2.75, 3.05) is 37.9 Å². The van der Waals surface area contributed by atoms with Crippen molar-refractivity contribution in [1.29, 1.82) is 0 Å². The molecule has 2 aromatic heterocycles. The summed E-state index contributed by atoms with van der Waals surface area (Å²) in [6, 6.07) is 5.55. The highest BCUT2D eigenvalue weighted by molar-refractivity contribution is 7.99. The summed E-state index contributed by atoms with van der Waals surface area (Å²) < 4.78 is 17.1. The van der Waals surface area contributed by atoms with E-state index in [2.05, 4.69) is 15.3 Å². The van der Waals surface area contributed by atoms with Gasteiger partial charge in [0.05, 0.1) is 36.7 Å². The molecule has 1 aliphatic heterocycles. The standard InChI is InChI=1S/C22H30N4O5S/c1-15(2)30-22(28)26-10-7-17(8-11-26)31-18-6-9-23-21(20(18)29-3)25-16-4-5-19(24-14-16)32-13-12-27/h4-6,9,14-15,17,27H,7-8,10-13H2,1-3H3,(H,23,25). The van der Waals surface area contributed by atoms with Crippen LogP contribution in [0.1, 0.15) is 26.7 Å².